The van der Waals surface area contributed by atoms with Crippen LogP contribution in [-0.2, 0) is 0 Å². The number of ketones is 1. The Morgan fingerprint density at radius 1 is 1.09 bits per heavy atom. The third-order valence-corrected chi connectivity index (χ3v) is 5.58. The Labute approximate surface area is 192 Å². The van der Waals surface area contributed by atoms with Crippen molar-refractivity contribution in [3.05, 3.63) is 86.4 Å². The molecule has 0 radical (unpaired) electrons. The number of allylic oxidation sites excluding steroid dienone is 1. The summed E-state index contributed by atoms with van der Waals surface area (Å²) in [5.74, 6) is 1.06. The Morgan fingerprint density at radius 3 is 2.50 bits per heavy atom. The molecule has 0 unspecified atom stereocenters. The molecule has 1 N–H and O–H groups in total. The Balaban J connectivity index is 1.71. The van der Waals surface area contributed by atoms with E-state index in [0.717, 1.165) is 15.4 Å². The van der Waals surface area contributed by atoms with E-state index in [1.54, 1.807) is 38.0 Å². The highest BCUT2D eigenvalue weighted by Gasteiger charge is 2.16. The quantitative estimate of drug-likeness (QED) is 0.310. The number of nitrogens with zero attached hydrogens (tertiary/aromatic N) is 2. The molecule has 0 saturated heterocycles. The van der Waals surface area contributed by atoms with Crippen molar-refractivity contribution in [2.75, 3.05) is 14.2 Å². The van der Waals surface area contributed by atoms with Crippen molar-refractivity contribution >= 4 is 38.7 Å². The van der Waals surface area contributed by atoms with E-state index in [1.165, 1.54) is 18.3 Å². The fourth-order valence-electron chi connectivity index (χ4n) is 3.47. The van der Waals surface area contributed by atoms with Crippen molar-refractivity contribution in [1.29, 1.82) is 0 Å². The number of halogens is 1. The number of carbonyl (C=O) groups excluding carboxylic acids is 1. The van der Waals surface area contributed by atoms with Gasteiger partial charge >= 0.3 is 0 Å². The SMILES string of the molecule is COc1cc(/C=C/C(=O)c2cnn(-c3cc(=O)[nH]c4ccc(Br)cc34)c2C)cc(OC)c1. The number of carbonyl (C=O) groups is 1. The van der Waals surface area contributed by atoms with Crippen molar-refractivity contribution in [3.63, 3.8) is 0 Å². The number of hydrogen-bond acceptors (Lipinski definition) is 5. The second kappa shape index (κ2) is 8.84. The van der Waals surface area contributed by atoms with Gasteiger partial charge in [-0.3, -0.25) is 9.59 Å². The Hall–Kier alpha value is -3.65. The van der Waals surface area contributed by atoms with Crippen molar-refractivity contribution in [1.82, 2.24) is 14.8 Å². The summed E-state index contributed by atoms with van der Waals surface area (Å²) >= 11 is 3.46. The van der Waals surface area contributed by atoms with Gasteiger partial charge in [-0.25, -0.2) is 4.68 Å². The standard InChI is InChI=1S/C24H20BrN3O4/c1-14-20(23(29)7-4-15-8-17(31-2)11-18(9-15)32-3)13-26-28(14)22-12-24(30)27-21-6-5-16(25)10-19(21)22/h4-13H,1-3H3,(H,27,30)/b7-4+. The molecule has 162 valence electrons. The van der Waals surface area contributed by atoms with E-state index >= 15 is 0 Å². The second-order valence-electron chi connectivity index (χ2n) is 7.11. The maximum Gasteiger partial charge on any atom is 0.250 e. The molecule has 32 heavy (non-hydrogen) atoms. The molecule has 7 nitrogen and oxygen atoms in total. The monoisotopic (exact) mass is 493 g/mol. The van der Waals surface area contributed by atoms with Gasteiger partial charge in [0.15, 0.2) is 5.78 Å². The third kappa shape index (κ3) is 4.22. The van der Waals surface area contributed by atoms with Gasteiger partial charge in [-0.1, -0.05) is 22.0 Å². The molecule has 0 aliphatic heterocycles. The highest BCUT2D eigenvalue weighted by Crippen LogP contribution is 2.26. The number of fused-ring (bicyclic) bond motifs is 1. The zero-order valence-electron chi connectivity index (χ0n) is 17.7. The third-order valence-electron chi connectivity index (χ3n) is 5.09. The zero-order chi connectivity index (χ0) is 22.8. The average molecular weight is 494 g/mol. The molecule has 0 fully saturated rings. The number of pyridine rings is 1. The average Bonchev–Trinajstić information content (AvgIpc) is 3.18. The van der Waals surface area contributed by atoms with Crippen LogP contribution in [0.3, 0.4) is 0 Å². The van der Waals surface area contributed by atoms with Crippen LogP contribution < -0.4 is 15.0 Å². The molecule has 2 aromatic carbocycles. The summed E-state index contributed by atoms with van der Waals surface area (Å²) in [6, 6.07) is 12.4. The van der Waals surface area contributed by atoms with E-state index < -0.39 is 0 Å². The predicted octanol–water partition coefficient (Wildman–Crippen LogP) is 4.70. The number of rotatable bonds is 6. The summed E-state index contributed by atoms with van der Waals surface area (Å²) in [4.78, 5) is 27.9. The van der Waals surface area contributed by atoms with Gasteiger partial charge in [-0.2, -0.15) is 5.10 Å². The topological polar surface area (TPSA) is 86.2 Å². The van der Waals surface area contributed by atoms with Crippen LogP contribution in [0.5, 0.6) is 11.5 Å². The minimum absolute atomic E-state index is 0.203. The molecule has 0 amide bonds. The molecule has 4 rings (SSSR count). The molecule has 0 aliphatic carbocycles. The Morgan fingerprint density at radius 2 is 1.81 bits per heavy atom. The van der Waals surface area contributed by atoms with Crippen molar-refractivity contribution in [2.24, 2.45) is 0 Å². The lowest BCUT2D eigenvalue weighted by atomic mass is 10.1. The van der Waals surface area contributed by atoms with Gasteiger partial charge in [0.1, 0.15) is 11.5 Å². The van der Waals surface area contributed by atoms with E-state index in [0.29, 0.717) is 34.0 Å². The van der Waals surface area contributed by atoms with Gasteiger partial charge < -0.3 is 14.5 Å². The molecule has 0 aliphatic rings. The normalized spacial score (nSPS) is 11.2. The van der Waals surface area contributed by atoms with Gasteiger partial charge in [0, 0.05) is 22.0 Å². The predicted molar refractivity (Wildman–Crippen MR) is 127 cm³/mol. The van der Waals surface area contributed by atoms with Gasteiger partial charge in [0.2, 0.25) is 0 Å². The van der Waals surface area contributed by atoms with Crippen LogP contribution in [0.15, 0.2) is 64.0 Å². The lowest BCUT2D eigenvalue weighted by Crippen LogP contribution is -2.10. The van der Waals surface area contributed by atoms with Crippen LogP contribution in [0.1, 0.15) is 21.6 Å². The van der Waals surface area contributed by atoms with E-state index in [1.807, 2.05) is 30.3 Å². The number of benzene rings is 2. The maximum atomic E-state index is 12.9. The van der Waals surface area contributed by atoms with Gasteiger partial charge in [-0.15, -0.1) is 0 Å². The second-order valence-corrected chi connectivity index (χ2v) is 8.02. The molecule has 8 heteroatoms. The molecule has 2 aromatic heterocycles. The lowest BCUT2D eigenvalue weighted by molar-refractivity contribution is 0.104. The molecular formula is C24H20BrN3O4. The summed E-state index contributed by atoms with van der Waals surface area (Å²) in [5.41, 5.74) is 2.89. The van der Waals surface area contributed by atoms with Crippen molar-refractivity contribution < 1.29 is 14.3 Å². The fourth-order valence-corrected chi connectivity index (χ4v) is 3.83. The first kappa shape index (κ1) is 21.6. The minimum Gasteiger partial charge on any atom is -0.497 e. The van der Waals surface area contributed by atoms with Gasteiger partial charge in [0.05, 0.1) is 42.9 Å². The van der Waals surface area contributed by atoms with Crippen LogP contribution in [0.2, 0.25) is 0 Å². The number of aromatic nitrogens is 3. The number of ether oxygens (including phenoxy) is 2. The number of nitrogens with one attached hydrogen (secondary N) is 1. The highest BCUT2D eigenvalue weighted by molar-refractivity contribution is 9.10. The first-order valence-corrected chi connectivity index (χ1v) is 10.5. The van der Waals surface area contributed by atoms with Crippen LogP contribution in [-0.4, -0.2) is 34.8 Å². The van der Waals surface area contributed by atoms with Crippen molar-refractivity contribution in [2.45, 2.75) is 6.92 Å². The van der Waals surface area contributed by atoms with Crippen LogP contribution in [0.4, 0.5) is 0 Å². The molecule has 0 bridgehead atoms. The summed E-state index contributed by atoms with van der Waals surface area (Å²) in [7, 11) is 3.14. The number of H-pyrrole nitrogens is 1. The zero-order valence-corrected chi connectivity index (χ0v) is 19.3. The maximum absolute atomic E-state index is 12.9. The molecule has 4 aromatic rings. The minimum atomic E-state index is -0.246. The Kier molecular flexibility index (Phi) is 5.96. The van der Waals surface area contributed by atoms with Crippen molar-refractivity contribution in [3.8, 4) is 17.2 Å². The highest BCUT2D eigenvalue weighted by atomic mass is 79.9. The summed E-state index contributed by atoms with van der Waals surface area (Å²) in [6.07, 6.45) is 4.69. The fraction of sp³-hybridized carbons (Fsp3) is 0.125. The Bertz CT molecular complexity index is 1400. The summed E-state index contributed by atoms with van der Waals surface area (Å²) in [6.45, 7) is 1.80. The molecule has 0 spiro atoms. The number of aromatic amines is 1. The van der Waals surface area contributed by atoms with E-state index in [-0.39, 0.29) is 11.3 Å². The first-order valence-electron chi connectivity index (χ1n) is 9.72. The van der Waals surface area contributed by atoms with Gasteiger partial charge in [0.25, 0.3) is 5.56 Å². The van der Waals surface area contributed by atoms with E-state index in [9.17, 15) is 9.59 Å². The van der Waals surface area contributed by atoms with Gasteiger partial charge in [-0.05, 0) is 48.9 Å². The molecule has 0 atom stereocenters. The number of hydrogen-bond donors (Lipinski definition) is 1. The number of methoxy groups -OCH3 is 2. The summed E-state index contributed by atoms with van der Waals surface area (Å²) in [5, 5.41) is 5.20. The molecule has 2 heterocycles. The smallest absolute Gasteiger partial charge is 0.250 e. The molecular weight excluding hydrogens is 474 g/mol. The first-order chi connectivity index (χ1) is 15.4. The van der Waals surface area contributed by atoms with Crippen LogP contribution in [0, 0.1) is 6.92 Å². The van der Waals surface area contributed by atoms with E-state index in [2.05, 4.69) is 26.0 Å². The van der Waals surface area contributed by atoms with Crippen LogP contribution >= 0.6 is 15.9 Å². The van der Waals surface area contributed by atoms with Crippen LogP contribution in [0.25, 0.3) is 22.7 Å². The van der Waals surface area contributed by atoms with E-state index in [4.69, 9.17) is 9.47 Å². The summed E-state index contributed by atoms with van der Waals surface area (Å²) < 4.78 is 13.0. The molecule has 0 saturated carbocycles. The lowest BCUT2D eigenvalue weighted by Gasteiger charge is -2.09. The largest absolute Gasteiger partial charge is 0.497 e.